The molecule has 0 radical (unpaired) electrons. The SMILES string of the molecule is CCOC(=O)c1cccc(NC(=O)C2CC3CCC2N3)c1. The van der Waals surface area contributed by atoms with Gasteiger partial charge in [-0.1, -0.05) is 6.07 Å². The van der Waals surface area contributed by atoms with Crippen LogP contribution in [0.15, 0.2) is 24.3 Å². The Labute approximate surface area is 124 Å². The Morgan fingerprint density at radius 1 is 1.38 bits per heavy atom. The van der Waals surface area contributed by atoms with Crippen molar-refractivity contribution in [3.63, 3.8) is 0 Å². The average Bonchev–Trinajstić information content (AvgIpc) is 3.10. The van der Waals surface area contributed by atoms with Crippen LogP contribution in [0.3, 0.4) is 0 Å². The summed E-state index contributed by atoms with van der Waals surface area (Å²) in [5.41, 5.74) is 1.11. The highest BCUT2D eigenvalue weighted by molar-refractivity contribution is 5.96. The summed E-state index contributed by atoms with van der Waals surface area (Å²) >= 11 is 0. The van der Waals surface area contributed by atoms with Crippen LogP contribution in [0.25, 0.3) is 0 Å². The molecule has 1 aromatic carbocycles. The van der Waals surface area contributed by atoms with Gasteiger partial charge in [-0.25, -0.2) is 4.79 Å². The zero-order valence-electron chi connectivity index (χ0n) is 12.1. The molecule has 0 aliphatic carbocycles. The molecule has 3 atom stereocenters. The van der Waals surface area contributed by atoms with Crippen LogP contribution in [0.2, 0.25) is 0 Å². The molecule has 2 bridgehead atoms. The maximum Gasteiger partial charge on any atom is 0.338 e. The van der Waals surface area contributed by atoms with Gasteiger partial charge in [-0.05, 0) is 44.4 Å². The molecule has 2 aliphatic rings. The van der Waals surface area contributed by atoms with Crippen LogP contribution in [-0.4, -0.2) is 30.6 Å². The predicted molar refractivity (Wildman–Crippen MR) is 79.1 cm³/mol. The topological polar surface area (TPSA) is 67.4 Å². The molecule has 2 aliphatic heterocycles. The highest BCUT2D eigenvalue weighted by Crippen LogP contribution is 2.33. The van der Waals surface area contributed by atoms with E-state index in [4.69, 9.17) is 4.74 Å². The summed E-state index contributed by atoms with van der Waals surface area (Å²) in [5.74, 6) is -0.291. The maximum absolute atomic E-state index is 12.3. The number of nitrogens with one attached hydrogen (secondary N) is 2. The average molecular weight is 288 g/mol. The first-order valence-corrected chi connectivity index (χ1v) is 7.51. The molecule has 1 amide bonds. The van der Waals surface area contributed by atoms with Gasteiger partial charge in [0.25, 0.3) is 0 Å². The Kier molecular flexibility index (Phi) is 3.92. The smallest absolute Gasteiger partial charge is 0.338 e. The summed E-state index contributed by atoms with van der Waals surface area (Å²) in [4.78, 5) is 24.0. The van der Waals surface area contributed by atoms with Crippen molar-refractivity contribution in [3.8, 4) is 0 Å². The summed E-state index contributed by atoms with van der Waals surface area (Å²) in [7, 11) is 0. The quantitative estimate of drug-likeness (QED) is 0.831. The predicted octanol–water partition coefficient (Wildman–Crippen LogP) is 1.94. The molecule has 2 N–H and O–H groups in total. The molecule has 0 saturated carbocycles. The number of carbonyl (C=O) groups is 2. The Hall–Kier alpha value is -1.88. The number of benzene rings is 1. The molecule has 112 valence electrons. The summed E-state index contributed by atoms with van der Waals surface area (Å²) in [6.07, 6.45) is 3.16. The maximum atomic E-state index is 12.3. The molecule has 0 aromatic heterocycles. The third kappa shape index (κ3) is 2.93. The van der Waals surface area contributed by atoms with Gasteiger partial charge in [0.2, 0.25) is 5.91 Å². The van der Waals surface area contributed by atoms with Crippen LogP contribution in [0.4, 0.5) is 5.69 Å². The summed E-state index contributed by atoms with van der Waals surface area (Å²) in [6, 6.07) is 7.70. The summed E-state index contributed by atoms with van der Waals surface area (Å²) in [5, 5.41) is 6.38. The number of esters is 1. The molecule has 5 nitrogen and oxygen atoms in total. The van der Waals surface area contributed by atoms with Gasteiger partial charge in [0, 0.05) is 17.8 Å². The zero-order chi connectivity index (χ0) is 14.8. The van der Waals surface area contributed by atoms with Gasteiger partial charge >= 0.3 is 5.97 Å². The van der Waals surface area contributed by atoms with Gasteiger partial charge in [0.05, 0.1) is 18.1 Å². The van der Waals surface area contributed by atoms with Crippen LogP contribution in [0.1, 0.15) is 36.5 Å². The number of amides is 1. The molecule has 3 unspecified atom stereocenters. The van der Waals surface area contributed by atoms with Gasteiger partial charge in [-0.3, -0.25) is 4.79 Å². The Morgan fingerprint density at radius 3 is 2.90 bits per heavy atom. The second kappa shape index (κ2) is 5.85. The van der Waals surface area contributed by atoms with Gasteiger partial charge < -0.3 is 15.4 Å². The number of carbonyl (C=O) groups excluding carboxylic acids is 2. The summed E-state index contributed by atoms with van der Waals surface area (Å²) < 4.78 is 4.97. The zero-order valence-corrected chi connectivity index (χ0v) is 12.1. The lowest BCUT2D eigenvalue weighted by Gasteiger charge is -2.19. The Morgan fingerprint density at radius 2 is 2.24 bits per heavy atom. The number of rotatable bonds is 4. The van der Waals surface area contributed by atoms with E-state index in [1.807, 2.05) is 0 Å². The van der Waals surface area contributed by atoms with Crippen molar-refractivity contribution in [2.75, 3.05) is 11.9 Å². The van der Waals surface area contributed by atoms with E-state index in [2.05, 4.69) is 10.6 Å². The van der Waals surface area contributed by atoms with E-state index in [1.54, 1.807) is 31.2 Å². The first kappa shape index (κ1) is 14.1. The highest BCUT2D eigenvalue weighted by atomic mass is 16.5. The molecule has 3 rings (SSSR count). The number of hydrogen-bond acceptors (Lipinski definition) is 4. The van der Waals surface area contributed by atoms with E-state index >= 15 is 0 Å². The molecule has 2 fully saturated rings. The van der Waals surface area contributed by atoms with Crippen LogP contribution >= 0.6 is 0 Å². The fourth-order valence-corrected chi connectivity index (χ4v) is 3.29. The molecule has 1 aromatic rings. The first-order chi connectivity index (χ1) is 10.2. The summed E-state index contributed by atoms with van der Waals surface area (Å²) in [6.45, 7) is 2.11. The lowest BCUT2D eigenvalue weighted by Crippen LogP contribution is -2.32. The number of ether oxygens (including phenoxy) is 1. The van der Waals surface area contributed by atoms with Crippen molar-refractivity contribution in [3.05, 3.63) is 29.8 Å². The highest BCUT2D eigenvalue weighted by Gasteiger charge is 2.42. The first-order valence-electron chi connectivity index (χ1n) is 7.51. The van der Waals surface area contributed by atoms with Crippen molar-refractivity contribution in [1.29, 1.82) is 0 Å². The molecule has 21 heavy (non-hydrogen) atoms. The molecular formula is C16H20N2O3. The van der Waals surface area contributed by atoms with Crippen LogP contribution in [0.5, 0.6) is 0 Å². The Bertz CT molecular complexity index is 558. The minimum Gasteiger partial charge on any atom is -0.462 e. The van der Waals surface area contributed by atoms with Crippen molar-refractivity contribution >= 4 is 17.6 Å². The van der Waals surface area contributed by atoms with Crippen LogP contribution < -0.4 is 10.6 Å². The minimum atomic E-state index is -0.366. The standard InChI is InChI=1S/C16H20N2O3/c1-2-21-16(20)10-4-3-5-11(8-10)18-15(19)13-9-12-6-7-14(13)17-12/h3-5,8,12-14,17H,2,6-7,9H2,1H3,(H,18,19). The van der Waals surface area contributed by atoms with Crippen molar-refractivity contribution in [2.24, 2.45) is 5.92 Å². The lowest BCUT2D eigenvalue weighted by molar-refractivity contribution is -0.120. The molecule has 5 heteroatoms. The normalized spacial score (nSPS) is 26.6. The van der Waals surface area contributed by atoms with E-state index in [0.717, 1.165) is 12.8 Å². The third-order valence-corrected chi connectivity index (χ3v) is 4.28. The number of hydrogen-bond donors (Lipinski definition) is 2. The van der Waals surface area contributed by atoms with Gasteiger partial charge in [0.1, 0.15) is 0 Å². The fourth-order valence-electron chi connectivity index (χ4n) is 3.29. The van der Waals surface area contributed by atoms with E-state index in [9.17, 15) is 9.59 Å². The van der Waals surface area contributed by atoms with Crippen molar-refractivity contribution < 1.29 is 14.3 Å². The monoisotopic (exact) mass is 288 g/mol. The number of fused-ring (bicyclic) bond motifs is 2. The minimum absolute atomic E-state index is 0.0370. The van der Waals surface area contributed by atoms with Gasteiger partial charge in [0.15, 0.2) is 0 Å². The van der Waals surface area contributed by atoms with Crippen molar-refractivity contribution in [2.45, 2.75) is 38.3 Å². The second-order valence-electron chi connectivity index (χ2n) is 5.68. The third-order valence-electron chi connectivity index (χ3n) is 4.28. The lowest BCUT2D eigenvalue weighted by atomic mass is 9.88. The van der Waals surface area contributed by atoms with E-state index in [1.165, 1.54) is 6.42 Å². The second-order valence-corrected chi connectivity index (χ2v) is 5.68. The van der Waals surface area contributed by atoms with Crippen LogP contribution in [-0.2, 0) is 9.53 Å². The van der Waals surface area contributed by atoms with E-state index < -0.39 is 0 Å². The molecule has 2 heterocycles. The number of anilines is 1. The molecule has 2 saturated heterocycles. The van der Waals surface area contributed by atoms with Gasteiger partial charge in [-0.15, -0.1) is 0 Å². The van der Waals surface area contributed by atoms with E-state index in [0.29, 0.717) is 29.9 Å². The fraction of sp³-hybridized carbons (Fsp3) is 0.500. The van der Waals surface area contributed by atoms with Crippen molar-refractivity contribution in [1.82, 2.24) is 5.32 Å². The molecular weight excluding hydrogens is 268 g/mol. The van der Waals surface area contributed by atoms with Crippen LogP contribution in [0, 0.1) is 5.92 Å². The molecule has 0 spiro atoms. The largest absolute Gasteiger partial charge is 0.462 e. The van der Waals surface area contributed by atoms with Gasteiger partial charge in [-0.2, -0.15) is 0 Å². The Balaban J connectivity index is 1.66. The van der Waals surface area contributed by atoms with E-state index in [-0.39, 0.29) is 17.8 Å².